The van der Waals surface area contributed by atoms with Crippen LogP contribution < -0.4 is 0 Å². The number of hydrogen-bond donors (Lipinski definition) is 1. The predicted molar refractivity (Wildman–Crippen MR) is 47.9 cm³/mol. The fourth-order valence-corrected chi connectivity index (χ4v) is 1.85. The van der Waals surface area contributed by atoms with Crippen molar-refractivity contribution in [2.45, 2.75) is 37.5 Å². The van der Waals surface area contributed by atoms with E-state index in [2.05, 4.69) is 10.2 Å². The van der Waals surface area contributed by atoms with Gasteiger partial charge in [0.05, 0.1) is 11.3 Å². The summed E-state index contributed by atoms with van der Waals surface area (Å²) in [6.07, 6.45) is 5.82. The largest absolute Gasteiger partial charge is 0.298 e. The summed E-state index contributed by atoms with van der Waals surface area (Å²) in [5.74, 6) is 1.17. The Kier molecular flexibility index (Phi) is 1.37. The lowest BCUT2D eigenvalue weighted by Crippen LogP contribution is -1.90. The molecule has 3 nitrogen and oxygen atoms in total. The zero-order valence-electron chi connectivity index (χ0n) is 7.42. The fraction of sp³-hybridized carbons (Fsp3) is 0.600. The van der Waals surface area contributed by atoms with Crippen LogP contribution in [-0.2, 0) is 0 Å². The second kappa shape index (κ2) is 2.44. The van der Waals surface area contributed by atoms with Crippen LogP contribution in [0.2, 0.25) is 0 Å². The Hall–Kier alpha value is -1.12. The van der Waals surface area contributed by atoms with Crippen molar-refractivity contribution in [2.24, 2.45) is 0 Å². The van der Waals surface area contributed by atoms with Crippen molar-refractivity contribution in [3.05, 3.63) is 17.0 Å². The molecule has 0 saturated heterocycles. The van der Waals surface area contributed by atoms with Gasteiger partial charge in [0.25, 0.3) is 0 Å². The number of carbonyl (C=O) groups is 1. The molecule has 0 atom stereocenters. The molecule has 0 aromatic carbocycles. The number of rotatable bonds is 3. The third kappa shape index (κ3) is 1.10. The molecule has 3 heteroatoms. The van der Waals surface area contributed by atoms with Gasteiger partial charge in [-0.15, -0.1) is 0 Å². The predicted octanol–water partition coefficient (Wildman–Crippen LogP) is 1.98. The molecular formula is C10H12N2O. The molecule has 2 saturated carbocycles. The Bertz CT molecular complexity index is 318. The van der Waals surface area contributed by atoms with Gasteiger partial charge in [-0.05, 0) is 25.7 Å². The Morgan fingerprint density at radius 2 is 1.92 bits per heavy atom. The first-order valence-corrected chi connectivity index (χ1v) is 4.93. The fourth-order valence-electron chi connectivity index (χ4n) is 1.85. The van der Waals surface area contributed by atoms with E-state index in [1.807, 2.05) is 0 Å². The third-order valence-electron chi connectivity index (χ3n) is 2.93. The molecule has 0 aliphatic heterocycles. The molecule has 2 fully saturated rings. The summed E-state index contributed by atoms with van der Waals surface area (Å²) < 4.78 is 0. The van der Waals surface area contributed by atoms with Crippen LogP contribution in [0, 0.1) is 0 Å². The highest BCUT2D eigenvalue weighted by Crippen LogP contribution is 2.45. The van der Waals surface area contributed by atoms with Crippen molar-refractivity contribution in [2.75, 3.05) is 0 Å². The molecule has 2 aliphatic carbocycles. The van der Waals surface area contributed by atoms with Gasteiger partial charge in [-0.3, -0.25) is 9.89 Å². The number of nitrogens with one attached hydrogen (secondary N) is 1. The van der Waals surface area contributed by atoms with Gasteiger partial charge in [-0.25, -0.2) is 0 Å². The first kappa shape index (κ1) is 7.30. The highest BCUT2D eigenvalue weighted by atomic mass is 16.1. The highest BCUT2D eigenvalue weighted by Gasteiger charge is 2.34. The summed E-state index contributed by atoms with van der Waals surface area (Å²) in [5.41, 5.74) is 2.99. The topological polar surface area (TPSA) is 45.8 Å². The van der Waals surface area contributed by atoms with Gasteiger partial charge in [-0.2, -0.15) is 5.10 Å². The van der Waals surface area contributed by atoms with Crippen molar-refractivity contribution in [1.29, 1.82) is 0 Å². The summed E-state index contributed by atoms with van der Waals surface area (Å²) in [6.45, 7) is 0. The maximum absolute atomic E-state index is 10.9. The summed E-state index contributed by atoms with van der Waals surface area (Å²) in [5, 5.41) is 7.28. The molecule has 3 rings (SSSR count). The number of aromatic amines is 1. The zero-order valence-corrected chi connectivity index (χ0v) is 7.42. The number of H-pyrrole nitrogens is 1. The molecule has 68 valence electrons. The number of nitrogens with zero attached hydrogens (tertiary/aromatic N) is 1. The molecule has 0 unspecified atom stereocenters. The van der Waals surface area contributed by atoms with Gasteiger partial charge in [0.2, 0.25) is 0 Å². The van der Waals surface area contributed by atoms with Crippen LogP contribution in [0.4, 0.5) is 0 Å². The van der Waals surface area contributed by atoms with Crippen LogP contribution in [0.15, 0.2) is 0 Å². The molecule has 0 spiro atoms. The van der Waals surface area contributed by atoms with Crippen LogP contribution >= 0.6 is 0 Å². The molecule has 1 heterocycles. The summed E-state index contributed by atoms with van der Waals surface area (Å²) >= 11 is 0. The van der Waals surface area contributed by atoms with Crippen LogP contribution in [0.25, 0.3) is 0 Å². The third-order valence-corrected chi connectivity index (χ3v) is 2.93. The van der Waals surface area contributed by atoms with Gasteiger partial charge < -0.3 is 0 Å². The maximum Gasteiger partial charge on any atom is 0.153 e. The molecule has 13 heavy (non-hydrogen) atoms. The smallest absolute Gasteiger partial charge is 0.153 e. The van der Waals surface area contributed by atoms with E-state index in [9.17, 15) is 4.79 Å². The van der Waals surface area contributed by atoms with E-state index in [1.54, 1.807) is 0 Å². The molecule has 2 aliphatic rings. The van der Waals surface area contributed by atoms with Crippen molar-refractivity contribution in [1.82, 2.24) is 10.2 Å². The Morgan fingerprint density at radius 3 is 2.46 bits per heavy atom. The SMILES string of the molecule is O=Cc1c(C2CC2)n[nH]c1C1CC1. The molecule has 1 N–H and O–H groups in total. The number of aromatic nitrogens is 2. The van der Waals surface area contributed by atoms with Crippen molar-refractivity contribution >= 4 is 6.29 Å². The maximum atomic E-state index is 10.9. The Balaban J connectivity index is 2.03. The lowest BCUT2D eigenvalue weighted by Gasteiger charge is -1.93. The van der Waals surface area contributed by atoms with E-state index in [-0.39, 0.29) is 0 Å². The standard InChI is InChI=1S/C10H12N2O/c13-5-8-9(6-1-2-6)11-12-10(8)7-3-4-7/h5-7H,1-4H2,(H,11,12). The molecule has 0 radical (unpaired) electrons. The molecular weight excluding hydrogens is 164 g/mol. The van der Waals surface area contributed by atoms with E-state index in [1.165, 1.54) is 25.7 Å². The van der Waals surface area contributed by atoms with E-state index in [0.29, 0.717) is 11.8 Å². The molecule has 1 aromatic heterocycles. The van der Waals surface area contributed by atoms with Crippen LogP contribution in [0.1, 0.15) is 59.3 Å². The van der Waals surface area contributed by atoms with Gasteiger partial charge >= 0.3 is 0 Å². The zero-order chi connectivity index (χ0) is 8.84. The monoisotopic (exact) mass is 176 g/mol. The van der Waals surface area contributed by atoms with Gasteiger partial charge in [0.1, 0.15) is 0 Å². The van der Waals surface area contributed by atoms with Crippen molar-refractivity contribution in [3.63, 3.8) is 0 Å². The molecule has 0 amide bonds. The van der Waals surface area contributed by atoms with E-state index >= 15 is 0 Å². The van der Waals surface area contributed by atoms with Crippen molar-refractivity contribution in [3.8, 4) is 0 Å². The normalized spacial score (nSPS) is 21.8. The summed E-state index contributed by atoms with van der Waals surface area (Å²) in [6, 6.07) is 0. The van der Waals surface area contributed by atoms with E-state index < -0.39 is 0 Å². The lowest BCUT2D eigenvalue weighted by atomic mass is 10.1. The summed E-state index contributed by atoms with van der Waals surface area (Å²) in [4.78, 5) is 10.9. The van der Waals surface area contributed by atoms with E-state index in [4.69, 9.17) is 0 Å². The van der Waals surface area contributed by atoms with Crippen LogP contribution in [0.5, 0.6) is 0 Å². The lowest BCUT2D eigenvalue weighted by molar-refractivity contribution is 0.112. The number of aldehydes is 1. The first-order chi connectivity index (χ1) is 6.40. The highest BCUT2D eigenvalue weighted by molar-refractivity contribution is 5.79. The second-order valence-corrected chi connectivity index (χ2v) is 4.10. The van der Waals surface area contributed by atoms with Gasteiger partial charge in [-0.1, -0.05) is 0 Å². The number of hydrogen-bond acceptors (Lipinski definition) is 2. The van der Waals surface area contributed by atoms with Crippen LogP contribution in [0.3, 0.4) is 0 Å². The van der Waals surface area contributed by atoms with Gasteiger partial charge in [0, 0.05) is 17.5 Å². The van der Waals surface area contributed by atoms with Crippen LogP contribution in [-0.4, -0.2) is 16.5 Å². The minimum atomic E-state index is 0.573. The number of carbonyl (C=O) groups excluding carboxylic acids is 1. The summed E-state index contributed by atoms with van der Waals surface area (Å²) in [7, 11) is 0. The Morgan fingerprint density at radius 1 is 1.23 bits per heavy atom. The average molecular weight is 176 g/mol. The van der Waals surface area contributed by atoms with Gasteiger partial charge in [0.15, 0.2) is 6.29 Å². The molecule has 0 bridgehead atoms. The second-order valence-electron chi connectivity index (χ2n) is 4.10. The molecule has 1 aromatic rings. The first-order valence-electron chi connectivity index (χ1n) is 4.93. The average Bonchev–Trinajstić information content (AvgIpc) is 3.02. The quantitative estimate of drug-likeness (QED) is 0.716. The van der Waals surface area contributed by atoms with Crippen molar-refractivity contribution < 1.29 is 4.79 Å². The Labute approximate surface area is 76.5 Å². The minimum Gasteiger partial charge on any atom is -0.298 e. The minimum absolute atomic E-state index is 0.573. The van der Waals surface area contributed by atoms with E-state index in [0.717, 1.165) is 23.2 Å².